The van der Waals surface area contributed by atoms with Crippen molar-refractivity contribution in [3.05, 3.63) is 89.2 Å². The van der Waals surface area contributed by atoms with Crippen molar-refractivity contribution in [2.45, 2.75) is 44.1 Å². The lowest BCUT2D eigenvalue weighted by Gasteiger charge is -2.27. The summed E-state index contributed by atoms with van der Waals surface area (Å²) >= 11 is 0. The second kappa shape index (κ2) is 9.08. The molecule has 0 bridgehead atoms. The molecule has 2 amide bonds. The summed E-state index contributed by atoms with van der Waals surface area (Å²) in [5.74, 6) is -0.249. The number of likely N-dealkylation sites (tertiary alicyclic amines) is 1. The van der Waals surface area contributed by atoms with E-state index in [1.807, 2.05) is 67.3 Å². The smallest absolute Gasteiger partial charge is 0.339 e. The van der Waals surface area contributed by atoms with Crippen molar-refractivity contribution < 1.29 is 19.1 Å². The van der Waals surface area contributed by atoms with E-state index in [0.29, 0.717) is 43.9 Å². The molecule has 1 atom stereocenters. The first-order chi connectivity index (χ1) is 18.4. The predicted molar refractivity (Wildman–Crippen MR) is 143 cm³/mol. The van der Waals surface area contributed by atoms with Gasteiger partial charge in [0, 0.05) is 43.4 Å². The Bertz CT molecular complexity index is 1410. The Kier molecular flexibility index (Phi) is 5.82. The molecule has 3 aliphatic rings. The number of carbonyl (C=O) groups excluding carboxylic acids is 3. The monoisotopic (exact) mass is 509 g/mol. The molecule has 2 aliphatic heterocycles. The number of aromatic nitrogens is 1. The van der Waals surface area contributed by atoms with E-state index < -0.39 is 11.0 Å². The fraction of sp³-hybridized carbons (Fsp3) is 0.355. The summed E-state index contributed by atoms with van der Waals surface area (Å²) in [7, 11) is 0. The number of fused-ring (bicyclic) bond motifs is 2. The van der Waals surface area contributed by atoms with Crippen LogP contribution in [0.4, 0.5) is 0 Å². The minimum Gasteiger partial charge on any atom is -0.449 e. The van der Waals surface area contributed by atoms with Crippen molar-refractivity contribution in [1.29, 1.82) is 0 Å². The molecule has 3 aromatic rings. The Hall–Kier alpha value is -4.00. The summed E-state index contributed by atoms with van der Waals surface area (Å²) in [6, 6.07) is 19.3. The molecule has 3 heterocycles. The van der Waals surface area contributed by atoms with Crippen molar-refractivity contribution in [3.8, 4) is 11.1 Å². The third-order valence-electron chi connectivity index (χ3n) is 8.41. The Morgan fingerprint density at radius 3 is 2.32 bits per heavy atom. The molecule has 194 valence electrons. The highest BCUT2D eigenvalue weighted by Gasteiger charge is 2.57. The molecule has 0 N–H and O–H groups in total. The molecule has 7 nitrogen and oxygen atoms in total. The van der Waals surface area contributed by atoms with Crippen LogP contribution in [-0.2, 0) is 20.5 Å². The summed E-state index contributed by atoms with van der Waals surface area (Å²) in [5, 5.41) is 0. The molecule has 2 fully saturated rings. The van der Waals surface area contributed by atoms with Gasteiger partial charge in [-0.15, -0.1) is 0 Å². The number of esters is 1. The van der Waals surface area contributed by atoms with E-state index in [4.69, 9.17) is 4.74 Å². The average Bonchev–Trinajstić information content (AvgIpc) is 3.59. The fourth-order valence-corrected chi connectivity index (χ4v) is 6.00. The van der Waals surface area contributed by atoms with Crippen molar-refractivity contribution in [2.24, 2.45) is 0 Å². The van der Waals surface area contributed by atoms with Gasteiger partial charge in [0.15, 0.2) is 5.60 Å². The molecule has 7 heteroatoms. The molecule has 6 rings (SSSR count). The van der Waals surface area contributed by atoms with Crippen molar-refractivity contribution in [3.63, 3.8) is 0 Å². The first-order valence-corrected chi connectivity index (χ1v) is 13.4. The molecular weight excluding hydrogens is 478 g/mol. The van der Waals surface area contributed by atoms with E-state index >= 15 is 0 Å². The average molecular weight is 510 g/mol. The van der Waals surface area contributed by atoms with E-state index in [0.717, 1.165) is 35.1 Å². The van der Waals surface area contributed by atoms with Crippen LogP contribution >= 0.6 is 0 Å². The summed E-state index contributed by atoms with van der Waals surface area (Å²) in [6.07, 6.45) is 3.98. The lowest BCUT2D eigenvalue weighted by Crippen LogP contribution is -2.40. The van der Waals surface area contributed by atoms with Gasteiger partial charge >= 0.3 is 5.97 Å². The molecule has 38 heavy (non-hydrogen) atoms. The number of rotatable bonds is 6. The molecule has 1 saturated carbocycles. The first-order valence-electron chi connectivity index (χ1n) is 13.4. The minimum absolute atomic E-state index is 0.0642. The molecule has 0 radical (unpaired) electrons. The van der Waals surface area contributed by atoms with Crippen molar-refractivity contribution in [2.75, 3.05) is 26.2 Å². The van der Waals surface area contributed by atoms with Gasteiger partial charge in [-0.25, -0.2) is 4.79 Å². The number of hydrogen-bond acceptors (Lipinski definition) is 5. The minimum atomic E-state index is -0.727. The number of pyridine rings is 1. The largest absolute Gasteiger partial charge is 0.449 e. The number of amides is 2. The molecule has 1 aliphatic carbocycles. The van der Waals surface area contributed by atoms with Gasteiger partial charge in [0.2, 0.25) is 5.91 Å². The van der Waals surface area contributed by atoms with Crippen LogP contribution in [-0.4, -0.2) is 58.7 Å². The van der Waals surface area contributed by atoms with Crippen LogP contribution in [0.1, 0.15) is 65.1 Å². The number of hydrogen-bond donors (Lipinski definition) is 0. The maximum absolute atomic E-state index is 13.8. The van der Waals surface area contributed by atoms with Crippen LogP contribution in [0.5, 0.6) is 0 Å². The van der Waals surface area contributed by atoms with Gasteiger partial charge in [-0.3, -0.25) is 14.6 Å². The van der Waals surface area contributed by atoms with Gasteiger partial charge in [-0.2, -0.15) is 0 Å². The molecule has 0 unspecified atom stereocenters. The molecule has 1 spiro atoms. The third kappa shape index (κ3) is 3.80. The lowest BCUT2D eigenvalue weighted by molar-refractivity contribution is -0.134. The third-order valence-corrected chi connectivity index (χ3v) is 8.41. The normalized spacial score (nSPS) is 20.8. The zero-order valence-electron chi connectivity index (χ0n) is 21.8. The Morgan fingerprint density at radius 2 is 1.66 bits per heavy atom. The second-order valence-electron chi connectivity index (χ2n) is 10.5. The Labute approximate surface area is 222 Å². The van der Waals surface area contributed by atoms with Crippen LogP contribution in [0.3, 0.4) is 0 Å². The second-order valence-corrected chi connectivity index (χ2v) is 10.5. The number of carbonyl (C=O) groups is 3. The SMILES string of the molecule is CCN(CC)C(=O)c1ccc(-c2ccc(C3(C(=O)N4CC[C@@]5(C4)OC(=O)c4ccccc45)CC3)cc2)cn1. The molecular formula is C31H31N3O4. The van der Waals surface area contributed by atoms with E-state index in [-0.39, 0.29) is 17.8 Å². The highest BCUT2D eigenvalue weighted by atomic mass is 16.6. The highest BCUT2D eigenvalue weighted by molar-refractivity contribution is 5.96. The van der Waals surface area contributed by atoms with Gasteiger partial charge in [0.1, 0.15) is 5.69 Å². The van der Waals surface area contributed by atoms with Crippen molar-refractivity contribution >= 4 is 17.8 Å². The van der Waals surface area contributed by atoms with E-state index in [1.165, 1.54) is 0 Å². The lowest BCUT2D eigenvalue weighted by atomic mass is 9.91. The van der Waals surface area contributed by atoms with Gasteiger partial charge in [-0.05, 0) is 49.9 Å². The van der Waals surface area contributed by atoms with E-state index in [9.17, 15) is 14.4 Å². The topological polar surface area (TPSA) is 79.8 Å². The molecule has 2 aromatic carbocycles. The number of benzene rings is 2. The maximum Gasteiger partial charge on any atom is 0.339 e. The standard InChI is InChI=1S/C31H31N3O4/c1-3-33(4-2)27(35)26-14-11-22(19-32-26)21-9-12-23(13-10-21)30(15-16-30)29(37)34-18-17-31(20-34)25-8-6-5-7-24(25)28(36)38-31/h5-14,19H,3-4,15-18,20H2,1-2H3/t31-/m0/s1. The van der Waals surface area contributed by atoms with Crippen LogP contribution < -0.4 is 0 Å². The Balaban J connectivity index is 1.17. The van der Waals surface area contributed by atoms with Gasteiger partial charge in [0.05, 0.1) is 17.5 Å². The zero-order chi connectivity index (χ0) is 26.5. The van der Waals surface area contributed by atoms with E-state index in [1.54, 1.807) is 23.2 Å². The highest BCUT2D eigenvalue weighted by Crippen LogP contribution is 2.52. The molecule has 1 saturated heterocycles. The maximum atomic E-state index is 13.8. The van der Waals surface area contributed by atoms with Crippen molar-refractivity contribution in [1.82, 2.24) is 14.8 Å². The Morgan fingerprint density at radius 1 is 0.947 bits per heavy atom. The summed E-state index contributed by atoms with van der Waals surface area (Å²) < 4.78 is 5.85. The summed E-state index contributed by atoms with van der Waals surface area (Å²) in [6.45, 7) is 6.19. The quantitative estimate of drug-likeness (QED) is 0.455. The van der Waals surface area contributed by atoms with Gasteiger partial charge in [-0.1, -0.05) is 48.5 Å². The van der Waals surface area contributed by atoms with Crippen LogP contribution in [0.25, 0.3) is 11.1 Å². The van der Waals surface area contributed by atoms with E-state index in [2.05, 4.69) is 4.98 Å². The fourth-order valence-electron chi connectivity index (χ4n) is 6.00. The number of ether oxygens (including phenoxy) is 1. The summed E-state index contributed by atoms with van der Waals surface area (Å²) in [4.78, 5) is 46.8. The zero-order valence-corrected chi connectivity index (χ0v) is 21.8. The summed E-state index contributed by atoms with van der Waals surface area (Å²) in [5.41, 5.74) is 3.63. The van der Waals surface area contributed by atoms with Crippen LogP contribution in [0, 0.1) is 0 Å². The van der Waals surface area contributed by atoms with Crippen LogP contribution in [0.15, 0.2) is 66.9 Å². The predicted octanol–water partition coefficient (Wildman–Crippen LogP) is 4.56. The van der Waals surface area contributed by atoms with Gasteiger partial charge in [0.25, 0.3) is 5.91 Å². The molecule has 1 aromatic heterocycles. The first kappa shape index (κ1) is 24.3. The van der Waals surface area contributed by atoms with Gasteiger partial charge < -0.3 is 14.5 Å². The number of nitrogens with zero attached hydrogens (tertiary/aromatic N) is 3. The van der Waals surface area contributed by atoms with Crippen LogP contribution in [0.2, 0.25) is 0 Å².